The van der Waals surface area contributed by atoms with Crippen LogP contribution in [0.25, 0.3) is 10.8 Å². The maximum absolute atomic E-state index is 13.3. The lowest BCUT2D eigenvalue weighted by Gasteiger charge is -2.21. The number of carbonyl (C=O) groups excluding carboxylic acids is 4. The number of aliphatic carboxylic acids is 1. The molecule has 0 saturated carbocycles. The van der Waals surface area contributed by atoms with Crippen LogP contribution in [0.3, 0.4) is 0 Å². The van der Waals surface area contributed by atoms with E-state index in [2.05, 4.69) is 25.9 Å². The maximum atomic E-state index is 13.3. The number of carbonyl (C=O) groups is 5. The highest BCUT2D eigenvalue weighted by Gasteiger charge is 2.29. The van der Waals surface area contributed by atoms with Crippen LogP contribution in [0.1, 0.15) is 46.4 Å². The van der Waals surface area contributed by atoms with Crippen molar-refractivity contribution in [2.75, 3.05) is 18.4 Å². The molecule has 0 radical (unpaired) electrons. The Morgan fingerprint density at radius 2 is 1.30 bits per heavy atom. The van der Waals surface area contributed by atoms with Crippen LogP contribution in [-0.4, -0.2) is 71.7 Å². The zero-order chi connectivity index (χ0) is 33.6. The van der Waals surface area contributed by atoms with Gasteiger partial charge in [-0.25, -0.2) is 4.79 Å². The van der Waals surface area contributed by atoms with Crippen molar-refractivity contribution in [1.82, 2.24) is 10.6 Å². The Bertz CT molecular complexity index is 1650. The molecular formula is C31H37N9O6. The minimum atomic E-state index is -1.32. The molecule has 0 fully saturated rings. The van der Waals surface area contributed by atoms with E-state index in [1.165, 1.54) is 18.2 Å². The molecule has 46 heavy (non-hydrogen) atoms. The number of amides is 3. The lowest BCUT2D eigenvalue weighted by Crippen LogP contribution is -2.52. The first-order chi connectivity index (χ1) is 22.0. The van der Waals surface area contributed by atoms with Crippen LogP contribution in [0.5, 0.6) is 0 Å². The summed E-state index contributed by atoms with van der Waals surface area (Å²) in [6.07, 6.45) is 0.431. The fraction of sp³-hybridized carbons (Fsp3) is 0.258. The Balaban J connectivity index is 1.75. The van der Waals surface area contributed by atoms with Gasteiger partial charge in [0.15, 0.2) is 11.9 Å². The molecule has 0 aliphatic heterocycles. The van der Waals surface area contributed by atoms with Gasteiger partial charge in [0, 0.05) is 18.7 Å². The third kappa shape index (κ3) is 10.3. The maximum Gasteiger partial charge on any atom is 0.326 e. The van der Waals surface area contributed by atoms with Crippen LogP contribution in [0.15, 0.2) is 76.7 Å². The van der Waals surface area contributed by atoms with Gasteiger partial charge in [0.2, 0.25) is 5.91 Å². The van der Waals surface area contributed by atoms with Crippen molar-refractivity contribution in [3.63, 3.8) is 0 Å². The van der Waals surface area contributed by atoms with Crippen molar-refractivity contribution in [1.29, 1.82) is 0 Å². The number of guanidine groups is 2. The molecule has 0 spiro atoms. The first-order valence-corrected chi connectivity index (χ1v) is 14.3. The standard InChI is InChI=1S/C31H37N9O6/c32-30(33)36-15-5-11-23(27(43)40-24(29(45)46)12-6-16-37-31(34)35)39-28(44)25(41)21-9-3-4-10-22(21)38-26(42)20-14-13-18-7-1-2-8-19(18)17-20/h1-4,7-10,13-14,17,23-24H,5-6,11-12,15-16H2,(H,38,42)(H,39,44)(H,40,43)(H,45,46)(H4,32,33,36)(H4,34,35,37). The SMILES string of the molecule is NC(N)=NCCCC(NC(=O)C(CCCN=C(N)N)NC(=O)C(=O)c1ccccc1NC(=O)c1ccc2ccccc2c1)C(=O)O. The summed E-state index contributed by atoms with van der Waals surface area (Å²) in [5.74, 6) is -5.14. The number of rotatable bonds is 16. The molecule has 0 aliphatic rings. The van der Waals surface area contributed by atoms with E-state index in [4.69, 9.17) is 22.9 Å². The number of nitrogens with zero attached hydrogens (tertiary/aromatic N) is 2. The summed E-state index contributed by atoms with van der Waals surface area (Å²) in [6, 6.07) is 16.0. The molecule has 3 aromatic carbocycles. The molecule has 12 N–H and O–H groups in total. The van der Waals surface area contributed by atoms with Gasteiger partial charge in [-0.3, -0.25) is 29.2 Å². The number of nitrogens with two attached hydrogens (primary N) is 4. The topological polar surface area (TPSA) is 270 Å². The number of hydrogen-bond donors (Lipinski definition) is 8. The summed E-state index contributed by atoms with van der Waals surface area (Å²) < 4.78 is 0. The molecule has 3 aromatic rings. The van der Waals surface area contributed by atoms with Gasteiger partial charge < -0.3 is 44.0 Å². The van der Waals surface area contributed by atoms with Crippen molar-refractivity contribution in [2.24, 2.45) is 32.9 Å². The number of nitrogens with one attached hydrogen (secondary N) is 3. The quantitative estimate of drug-likeness (QED) is 0.0355. The summed E-state index contributed by atoms with van der Waals surface area (Å²) in [6.45, 7) is 0.256. The number of ketones is 1. The molecule has 0 aromatic heterocycles. The number of carboxylic acids is 1. The molecule has 0 bridgehead atoms. The van der Waals surface area contributed by atoms with Crippen molar-refractivity contribution >= 4 is 57.9 Å². The molecule has 2 unspecified atom stereocenters. The van der Waals surface area contributed by atoms with Gasteiger partial charge >= 0.3 is 5.97 Å². The molecule has 0 heterocycles. The second kappa shape index (κ2) is 16.7. The number of carboxylic acid groups (broad SMARTS) is 1. The van der Waals surface area contributed by atoms with Crippen LogP contribution in [0.4, 0.5) is 5.69 Å². The molecule has 242 valence electrons. The smallest absolute Gasteiger partial charge is 0.326 e. The number of para-hydroxylation sites is 1. The van der Waals surface area contributed by atoms with Gasteiger partial charge in [-0.15, -0.1) is 0 Å². The summed E-state index contributed by atoms with van der Waals surface area (Å²) >= 11 is 0. The second-order valence-electron chi connectivity index (χ2n) is 10.2. The van der Waals surface area contributed by atoms with E-state index in [0.29, 0.717) is 5.56 Å². The Kier molecular flexibility index (Phi) is 12.6. The normalized spacial score (nSPS) is 11.8. The van der Waals surface area contributed by atoms with Gasteiger partial charge in [0.05, 0.1) is 11.3 Å². The van der Waals surface area contributed by atoms with Crippen LogP contribution in [0, 0.1) is 0 Å². The van der Waals surface area contributed by atoms with E-state index in [0.717, 1.165) is 10.8 Å². The van der Waals surface area contributed by atoms with Crippen LogP contribution < -0.4 is 38.9 Å². The molecule has 2 atom stereocenters. The number of aliphatic imine (C=N–C) groups is 2. The number of benzene rings is 3. The van der Waals surface area contributed by atoms with Gasteiger partial charge in [0.1, 0.15) is 12.1 Å². The summed E-state index contributed by atoms with van der Waals surface area (Å²) in [5, 5.41) is 18.9. The molecule has 0 aliphatic carbocycles. The van der Waals surface area contributed by atoms with Gasteiger partial charge in [-0.2, -0.15) is 0 Å². The number of hydrogen-bond acceptors (Lipinski definition) is 7. The van der Waals surface area contributed by atoms with E-state index in [-0.39, 0.29) is 61.9 Å². The Hall–Kier alpha value is -5.99. The van der Waals surface area contributed by atoms with Crippen molar-refractivity contribution < 1.29 is 29.1 Å². The Labute approximate surface area is 264 Å². The average Bonchev–Trinajstić information content (AvgIpc) is 3.03. The molecule has 3 rings (SSSR count). The summed E-state index contributed by atoms with van der Waals surface area (Å²) in [7, 11) is 0. The van der Waals surface area contributed by atoms with Gasteiger partial charge in [-0.1, -0.05) is 42.5 Å². The highest BCUT2D eigenvalue weighted by Crippen LogP contribution is 2.20. The number of anilines is 1. The van der Waals surface area contributed by atoms with Crippen molar-refractivity contribution in [2.45, 2.75) is 37.8 Å². The highest BCUT2D eigenvalue weighted by atomic mass is 16.4. The third-order valence-electron chi connectivity index (χ3n) is 6.76. The Morgan fingerprint density at radius 3 is 1.93 bits per heavy atom. The minimum Gasteiger partial charge on any atom is -0.480 e. The molecular weight excluding hydrogens is 594 g/mol. The van der Waals surface area contributed by atoms with Crippen LogP contribution in [-0.2, 0) is 14.4 Å². The van der Waals surface area contributed by atoms with E-state index in [9.17, 15) is 29.1 Å². The first-order valence-electron chi connectivity index (χ1n) is 14.3. The van der Waals surface area contributed by atoms with Crippen molar-refractivity contribution in [3.8, 4) is 0 Å². The van der Waals surface area contributed by atoms with E-state index in [1.54, 1.807) is 24.3 Å². The van der Waals surface area contributed by atoms with Gasteiger partial charge in [0.25, 0.3) is 17.6 Å². The predicted molar refractivity (Wildman–Crippen MR) is 174 cm³/mol. The van der Waals surface area contributed by atoms with E-state index in [1.807, 2.05) is 24.3 Å². The van der Waals surface area contributed by atoms with E-state index >= 15 is 0 Å². The minimum absolute atomic E-state index is 0.00423. The molecule has 0 saturated heterocycles. The predicted octanol–water partition coefficient (Wildman–Crippen LogP) is 0.436. The fourth-order valence-corrected chi connectivity index (χ4v) is 4.47. The molecule has 15 heteroatoms. The summed E-state index contributed by atoms with van der Waals surface area (Å²) in [4.78, 5) is 72.2. The van der Waals surface area contributed by atoms with Crippen molar-refractivity contribution in [3.05, 3.63) is 77.9 Å². The summed E-state index contributed by atoms with van der Waals surface area (Å²) in [5.41, 5.74) is 21.6. The van der Waals surface area contributed by atoms with Gasteiger partial charge in [-0.05, 0) is 60.7 Å². The molecule has 3 amide bonds. The highest BCUT2D eigenvalue weighted by molar-refractivity contribution is 6.44. The monoisotopic (exact) mass is 631 g/mol. The lowest BCUT2D eigenvalue weighted by molar-refractivity contribution is -0.142. The average molecular weight is 632 g/mol. The van der Waals surface area contributed by atoms with Crippen LogP contribution >= 0.6 is 0 Å². The molecule has 15 nitrogen and oxygen atoms in total. The Morgan fingerprint density at radius 1 is 0.717 bits per heavy atom. The zero-order valence-corrected chi connectivity index (χ0v) is 24.9. The number of fused-ring (bicyclic) bond motifs is 1. The lowest BCUT2D eigenvalue weighted by atomic mass is 10.0. The number of Topliss-reactive ketones (excluding diaryl/α,β-unsaturated/α-hetero) is 1. The largest absolute Gasteiger partial charge is 0.480 e. The zero-order valence-electron chi connectivity index (χ0n) is 24.9. The second-order valence-corrected chi connectivity index (χ2v) is 10.2. The van der Waals surface area contributed by atoms with E-state index < -0.39 is 41.6 Å². The fourth-order valence-electron chi connectivity index (χ4n) is 4.47. The first kappa shape index (κ1) is 34.5. The third-order valence-corrected chi connectivity index (χ3v) is 6.76. The van der Waals surface area contributed by atoms with Crippen LogP contribution in [0.2, 0.25) is 0 Å².